The first-order valence-electron chi connectivity index (χ1n) is 9.00. The maximum atomic E-state index is 13.9. The summed E-state index contributed by atoms with van der Waals surface area (Å²) in [6.45, 7) is 5.33. The zero-order valence-electron chi connectivity index (χ0n) is 16.1. The van der Waals surface area contributed by atoms with Crippen molar-refractivity contribution in [3.63, 3.8) is 0 Å². The molecule has 1 N–H and O–H groups in total. The molecule has 0 saturated carbocycles. The summed E-state index contributed by atoms with van der Waals surface area (Å²) < 4.78 is 17.6. The van der Waals surface area contributed by atoms with Crippen molar-refractivity contribution in [3.8, 4) is 11.4 Å². The van der Waals surface area contributed by atoms with Crippen LogP contribution in [0.2, 0.25) is 0 Å². The van der Waals surface area contributed by atoms with Crippen LogP contribution < -0.4 is 5.32 Å². The van der Waals surface area contributed by atoms with Gasteiger partial charge >= 0.3 is 0 Å². The van der Waals surface area contributed by atoms with Gasteiger partial charge in [0.1, 0.15) is 5.82 Å². The van der Waals surface area contributed by atoms with Crippen LogP contribution in [-0.4, -0.2) is 42.7 Å². The monoisotopic (exact) mass is 402 g/mol. The Hall–Kier alpha value is -2.68. The maximum Gasteiger partial charge on any atom is 0.230 e. The topological polar surface area (TPSA) is 77.6 Å². The lowest BCUT2D eigenvalue weighted by Gasteiger charge is -2.07. The van der Waals surface area contributed by atoms with Gasteiger partial charge in [0, 0.05) is 25.8 Å². The number of carbonyl (C=O) groups is 1. The van der Waals surface area contributed by atoms with Gasteiger partial charge in [-0.2, -0.15) is 5.10 Å². The summed E-state index contributed by atoms with van der Waals surface area (Å²) >= 11 is 1.27. The molecule has 0 fully saturated rings. The first-order valence-corrected chi connectivity index (χ1v) is 9.99. The zero-order chi connectivity index (χ0) is 20.1. The third kappa shape index (κ3) is 4.78. The lowest BCUT2D eigenvalue weighted by Crippen LogP contribution is -2.27. The Morgan fingerprint density at radius 1 is 1.25 bits per heavy atom. The van der Waals surface area contributed by atoms with E-state index in [0.29, 0.717) is 23.1 Å². The predicted molar refractivity (Wildman–Crippen MR) is 106 cm³/mol. The summed E-state index contributed by atoms with van der Waals surface area (Å²) in [7, 11) is 1.76. The number of carbonyl (C=O) groups excluding carboxylic acids is 1. The second kappa shape index (κ2) is 9.01. The smallest absolute Gasteiger partial charge is 0.230 e. The first kappa shape index (κ1) is 20.1. The lowest BCUT2D eigenvalue weighted by molar-refractivity contribution is -0.118. The van der Waals surface area contributed by atoms with Gasteiger partial charge in [0.05, 0.1) is 17.0 Å². The van der Waals surface area contributed by atoms with E-state index in [1.807, 2.05) is 24.6 Å². The molecule has 148 valence electrons. The largest absolute Gasteiger partial charge is 0.355 e. The summed E-state index contributed by atoms with van der Waals surface area (Å²) in [6, 6.07) is 8.45. The molecule has 0 aliphatic heterocycles. The Labute approximate surface area is 167 Å². The summed E-state index contributed by atoms with van der Waals surface area (Å²) in [4.78, 5) is 12.1. The molecule has 0 saturated heterocycles. The van der Waals surface area contributed by atoms with Gasteiger partial charge in [0.15, 0.2) is 11.0 Å². The van der Waals surface area contributed by atoms with E-state index in [2.05, 4.69) is 20.6 Å². The van der Waals surface area contributed by atoms with Crippen LogP contribution in [0.3, 0.4) is 0 Å². The molecule has 2 heterocycles. The highest BCUT2D eigenvalue weighted by atomic mass is 32.2. The molecule has 1 aromatic carbocycles. The molecule has 3 rings (SSSR count). The molecule has 0 bridgehead atoms. The van der Waals surface area contributed by atoms with E-state index in [9.17, 15) is 9.18 Å². The van der Waals surface area contributed by atoms with Crippen molar-refractivity contribution in [2.75, 3.05) is 12.3 Å². The number of hydrogen-bond acceptors (Lipinski definition) is 5. The van der Waals surface area contributed by atoms with E-state index in [-0.39, 0.29) is 17.5 Å². The van der Waals surface area contributed by atoms with Gasteiger partial charge in [0.25, 0.3) is 0 Å². The maximum absolute atomic E-state index is 13.9. The molecule has 0 aliphatic rings. The fourth-order valence-corrected chi connectivity index (χ4v) is 3.60. The van der Waals surface area contributed by atoms with Crippen LogP contribution in [0.25, 0.3) is 11.4 Å². The predicted octanol–water partition coefficient (Wildman–Crippen LogP) is 2.73. The molecular formula is C19H23FN6OS. The standard InChI is InChI=1S/C19H23FN6OS/c1-13-11-14(2)26(24-13)10-6-9-21-17(27)12-28-19-23-22-18(25(19)3)15-7-4-5-8-16(15)20/h4-5,7-8,11H,6,9-10,12H2,1-3H3,(H,21,27). The Kier molecular flexibility index (Phi) is 6.45. The highest BCUT2D eigenvalue weighted by Crippen LogP contribution is 2.24. The van der Waals surface area contributed by atoms with Gasteiger partial charge in [-0.25, -0.2) is 4.39 Å². The van der Waals surface area contributed by atoms with Gasteiger partial charge < -0.3 is 9.88 Å². The third-order valence-corrected chi connectivity index (χ3v) is 5.27. The quantitative estimate of drug-likeness (QED) is 0.463. The molecule has 2 aromatic heterocycles. The highest BCUT2D eigenvalue weighted by molar-refractivity contribution is 7.99. The van der Waals surface area contributed by atoms with E-state index in [4.69, 9.17) is 0 Å². The molecule has 0 spiro atoms. The SMILES string of the molecule is Cc1cc(C)n(CCCNC(=O)CSc2nnc(-c3ccccc3F)n2C)n1. The number of hydrogen-bond donors (Lipinski definition) is 1. The molecular weight excluding hydrogens is 379 g/mol. The normalized spacial score (nSPS) is 11.0. The molecule has 0 radical (unpaired) electrons. The van der Waals surface area contributed by atoms with Crippen molar-refractivity contribution in [2.45, 2.75) is 32.0 Å². The van der Waals surface area contributed by atoms with Crippen LogP contribution >= 0.6 is 11.8 Å². The number of aromatic nitrogens is 5. The number of nitrogens with one attached hydrogen (secondary N) is 1. The van der Waals surface area contributed by atoms with Crippen LogP contribution in [0.4, 0.5) is 4.39 Å². The first-order chi connectivity index (χ1) is 13.5. The van der Waals surface area contributed by atoms with Gasteiger partial charge in [-0.1, -0.05) is 23.9 Å². The second-order valence-corrected chi connectivity index (χ2v) is 7.43. The minimum Gasteiger partial charge on any atom is -0.355 e. The van der Waals surface area contributed by atoms with Gasteiger partial charge in [-0.3, -0.25) is 9.48 Å². The fraction of sp³-hybridized carbons (Fsp3) is 0.368. The summed E-state index contributed by atoms with van der Waals surface area (Å²) in [5.74, 6) is 0.234. The molecule has 28 heavy (non-hydrogen) atoms. The Bertz CT molecular complexity index is 967. The van der Waals surface area contributed by atoms with E-state index < -0.39 is 0 Å². The Balaban J connectivity index is 1.46. The second-order valence-electron chi connectivity index (χ2n) is 6.49. The van der Waals surface area contributed by atoms with Crippen LogP contribution in [-0.2, 0) is 18.4 Å². The number of nitrogens with zero attached hydrogens (tertiary/aromatic N) is 5. The Morgan fingerprint density at radius 3 is 2.75 bits per heavy atom. The van der Waals surface area contributed by atoms with Crippen molar-refractivity contribution in [3.05, 3.63) is 47.5 Å². The van der Waals surface area contributed by atoms with Crippen molar-refractivity contribution >= 4 is 17.7 Å². The number of thioether (sulfide) groups is 1. The molecule has 9 heteroatoms. The summed E-state index contributed by atoms with van der Waals surface area (Å²) in [6.07, 6.45) is 0.805. The summed E-state index contributed by atoms with van der Waals surface area (Å²) in [5.41, 5.74) is 2.50. The van der Waals surface area contributed by atoms with Crippen LogP contribution in [0.5, 0.6) is 0 Å². The average molecular weight is 402 g/mol. The fourth-order valence-electron chi connectivity index (χ4n) is 2.86. The minimum atomic E-state index is -0.352. The molecule has 3 aromatic rings. The zero-order valence-corrected chi connectivity index (χ0v) is 17.0. The summed E-state index contributed by atoms with van der Waals surface area (Å²) in [5, 5.41) is 16.0. The van der Waals surface area contributed by atoms with Gasteiger partial charge in [-0.15, -0.1) is 10.2 Å². The van der Waals surface area contributed by atoms with Crippen molar-refractivity contribution < 1.29 is 9.18 Å². The third-order valence-electron chi connectivity index (χ3n) is 4.25. The molecule has 0 atom stereocenters. The van der Waals surface area contributed by atoms with Gasteiger partial charge in [0.2, 0.25) is 5.91 Å². The van der Waals surface area contributed by atoms with E-state index in [1.54, 1.807) is 29.8 Å². The van der Waals surface area contributed by atoms with Crippen LogP contribution in [0.1, 0.15) is 17.8 Å². The van der Waals surface area contributed by atoms with Crippen molar-refractivity contribution in [1.82, 2.24) is 29.9 Å². The van der Waals surface area contributed by atoms with E-state index in [1.165, 1.54) is 17.8 Å². The minimum absolute atomic E-state index is 0.0752. The van der Waals surface area contributed by atoms with E-state index >= 15 is 0 Å². The number of aryl methyl sites for hydroxylation is 3. The van der Waals surface area contributed by atoms with E-state index in [0.717, 1.165) is 24.4 Å². The number of benzene rings is 1. The lowest BCUT2D eigenvalue weighted by atomic mass is 10.2. The molecule has 7 nitrogen and oxygen atoms in total. The number of amides is 1. The van der Waals surface area contributed by atoms with Crippen LogP contribution in [0.15, 0.2) is 35.5 Å². The molecule has 1 amide bonds. The number of halogens is 1. The van der Waals surface area contributed by atoms with Crippen molar-refractivity contribution in [1.29, 1.82) is 0 Å². The highest BCUT2D eigenvalue weighted by Gasteiger charge is 2.15. The van der Waals surface area contributed by atoms with Crippen LogP contribution in [0, 0.1) is 19.7 Å². The van der Waals surface area contributed by atoms with Gasteiger partial charge in [-0.05, 0) is 38.5 Å². The number of rotatable bonds is 8. The average Bonchev–Trinajstić information content (AvgIpc) is 3.19. The molecule has 0 unspecified atom stereocenters. The Morgan fingerprint density at radius 2 is 2.04 bits per heavy atom. The molecule has 0 aliphatic carbocycles. The van der Waals surface area contributed by atoms with Crippen molar-refractivity contribution in [2.24, 2.45) is 7.05 Å².